The minimum atomic E-state index is 0.604. The lowest BCUT2D eigenvalue weighted by Gasteiger charge is -2.21. The minimum Gasteiger partial charge on any atom is -0.303 e. The van der Waals surface area contributed by atoms with Crippen molar-refractivity contribution in [1.82, 2.24) is 20.2 Å². The average Bonchev–Trinajstić information content (AvgIpc) is 2.92. The molecule has 5 heteroatoms. The number of tetrazole rings is 1. The van der Waals surface area contributed by atoms with E-state index in [1.54, 1.807) is 7.05 Å². The minimum absolute atomic E-state index is 0.604. The molecule has 0 atom stereocenters. The highest BCUT2D eigenvalue weighted by Crippen LogP contribution is 2.24. The first kappa shape index (κ1) is 13.3. The highest BCUT2D eigenvalue weighted by Gasteiger charge is 2.15. The molecule has 5 nitrogen and oxygen atoms in total. The fourth-order valence-corrected chi connectivity index (χ4v) is 2.22. The van der Waals surface area contributed by atoms with Gasteiger partial charge in [0.25, 0.3) is 5.95 Å². The van der Waals surface area contributed by atoms with Gasteiger partial charge >= 0.3 is 0 Å². The third kappa shape index (κ3) is 3.08. The Labute approximate surface area is 123 Å². The van der Waals surface area contributed by atoms with Gasteiger partial charge in [0.15, 0.2) is 0 Å². The van der Waals surface area contributed by atoms with E-state index in [0.29, 0.717) is 12.5 Å². The van der Waals surface area contributed by atoms with Crippen molar-refractivity contribution in [3.8, 4) is 0 Å². The molecule has 1 heterocycles. The van der Waals surface area contributed by atoms with Crippen molar-refractivity contribution in [2.24, 2.45) is 7.05 Å². The van der Waals surface area contributed by atoms with Crippen LogP contribution in [-0.2, 0) is 13.6 Å². The fraction of sp³-hybridized carbons (Fsp3) is 0.188. The van der Waals surface area contributed by atoms with Crippen LogP contribution in [0.3, 0.4) is 0 Å². The van der Waals surface area contributed by atoms with E-state index in [0.717, 1.165) is 5.69 Å². The topological polar surface area (TPSA) is 46.8 Å². The van der Waals surface area contributed by atoms with Gasteiger partial charge in [0, 0.05) is 5.69 Å². The normalized spacial score (nSPS) is 10.6. The van der Waals surface area contributed by atoms with E-state index >= 15 is 0 Å². The van der Waals surface area contributed by atoms with Gasteiger partial charge in [-0.1, -0.05) is 47.6 Å². The predicted octanol–water partition coefficient (Wildman–Crippen LogP) is 2.86. The summed E-state index contributed by atoms with van der Waals surface area (Å²) in [6.07, 6.45) is 0. The van der Waals surface area contributed by atoms with Crippen molar-refractivity contribution in [1.29, 1.82) is 0 Å². The Morgan fingerprint density at radius 2 is 1.86 bits per heavy atom. The number of hydrogen-bond donors (Lipinski definition) is 0. The highest BCUT2D eigenvalue weighted by atomic mass is 15.6. The van der Waals surface area contributed by atoms with Crippen molar-refractivity contribution in [3.05, 3.63) is 65.7 Å². The molecule has 0 aliphatic rings. The largest absolute Gasteiger partial charge is 0.303 e. The molecule has 3 rings (SSSR count). The summed E-state index contributed by atoms with van der Waals surface area (Å²) in [4.78, 5) is 3.54. The molecule has 0 saturated heterocycles. The molecule has 0 unspecified atom stereocenters. The molecule has 0 fully saturated rings. The Morgan fingerprint density at radius 3 is 2.52 bits per heavy atom. The zero-order valence-electron chi connectivity index (χ0n) is 12.1. The van der Waals surface area contributed by atoms with Crippen LogP contribution in [-0.4, -0.2) is 20.2 Å². The summed E-state index contributed by atoms with van der Waals surface area (Å²) in [6, 6.07) is 18.6. The van der Waals surface area contributed by atoms with Crippen LogP contribution in [0.25, 0.3) is 0 Å². The van der Waals surface area contributed by atoms with E-state index in [1.165, 1.54) is 15.9 Å². The van der Waals surface area contributed by atoms with Crippen molar-refractivity contribution < 1.29 is 0 Å². The molecule has 3 aromatic rings. The molecule has 1 aromatic heterocycles. The number of hydrogen-bond acceptors (Lipinski definition) is 4. The summed E-state index contributed by atoms with van der Waals surface area (Å²) < 4.78 is 0. The number of aryl methyl sites for hydroxylation is 2. The van der Waals surface area contributed by atoms with Gasteiger partial charge in [-0.15, -0.1) is 5.10 Å². The van der Waals surface area contributed by atoms with Crippen molar-refractivity contribution >= 4 is 11.6 Å². The Bertz CT molecular complexity index is 720. The second kappa shape index (κ2) is 5.75. The van der Waals surface area contributed by atoms with E-state index in [4.69, 9.17) is 0 Å². The quantitative estimate of drug-likeness (QED) is 0.736. The van der Waals surface area contributed by atoms with Gasteiger partial charge in [-0.05, 0) is 35.4 Å². The summed E-state index contributed by atoms with van der Waals surface area (Å²) in [7, 11) is 1.77. The number of benzene rings is 2. The second-order valence-electron chi connectivity index (χ2n) is 4.99. The van der Waals surface area contributed by atoms with E-state index in [2.05, 4.69) is 57.6 Å². The van der Waals surface area contributed by atoms with Crippen LogP contribution in [0, 0.1) is 6.92 Å². The van der Waals surface area contributed by atoms with Crippen LogP contribution < -0.4 is 4.90 Å². The van der Waals surface area contributed by atoms with Crippen LogP contribution in [0.15, 0.2) is 54.6 Å². The van der Waals surface area contributed by atoms with Gasteiger partial charge in [-0.3, -0.25) is 0 Å². The molecule has 0 aliphatic heterocycles. The maximum atomic E-state index is 4.33. The standard InChI is InChI=1S/C16H17N5/c1-13-7-6-10-15(11-13)21(16-17-19-20(2)18-16)12-14-8-4-3-5-9-14/h3-11H,12H2,1-2H3. The van der Waals surface area contributed by atoms with Gasteiger partial charge < -0.3 is 4.90 Å². The van der Waals surface area contributed by atoms with E-state index < -0.39 is 0 Å². The lowest BCUT2D eigenvalue weighted by molar-refractivity contribution is 0.629. The summed E-state index contributed by atoms with van der Waals surface area (Å²) >= 11 is 0. The molecule has 0 amide bonds. The van der Waals surface area contributed by atoms with Crippen molar-refractivity contribution in [3.63, 3.8) is 0 Å². The van der Waals surface area contributed by atoms with Gasteiger partial charge in [-0.25, -0.2) is 0 Å². The zero-order chi connectivity index (χ0) is 14.7. The first-order valence-corrected chi connectivity index (χ1v) is 6.84. The van der Waals surface area contributed by atoms with Gasteiger partial charge in [0.05, 0.1) is 13.6 Å². The molecule has 0 aliphatic carbocycles. The number of rotatable bonds is 4. The molecular formula is C16H17N5. The van der Waals surface area contributed by atoms with Crippen LogP contribution in [0.1, 0.15) is 11.1 Å². The predicted molar refractivity (Wildman–Crippen MR) is 82.3 cm³/mol. The molecule has 0 bridgehead atoms. The third-order valence-electron chi connectivity index (χ3n) is 3.24. The zero-order valence-corrected chi connectivity index (χ0v) is 12.1. The maximum Gasteiger partial charge on any atom is 0.270 e. The Kier molecular flexibility index (Phi) is 3.64. The van der Waals surface area contributed by atoms with Crippen molar-refractivity contribution in [2.75, 3.05) is 4.90 Å². The van der Waals surface area contributed by atoms with Crippen molar-refractivity contribution in [2.45, 2.75) is 13.5 Å². The van der Waals surface area contributed by atoms with Gasteiger partial charge in [0.1, 0.15) is 0 Å². The molecule has 0 spiro atoms. The van der Waals surface area contributed by atoms with Gasteiger partial charge in [0.2, 0.25) is 0 Å². The lowest BCUT2D eigenvalue weighted by Crippen LogP contribution is -2.18. The van der Waals surface area contributed by atoms with E-state index in [9.17, 15) is 0 Å². The summed E-state index contributed by atoms with van der Waals surface area (Å²) in [5.74, 6) is 0.604. The molecule has 2 aromatic carbocycles. The summed E-state index contributed by atoms with van der Waals surface area (Å²) in [6.45, 7) is 2.78. The SMILES string of the molecule is Cc1cccc(N(Cc2ccccc2)c2nnn(C)n2)c1. The Morgan fingerprint density at radius 1 is 1.05 bits per heavy atom. The molecular weight excluding hydrogens is 262 g/mol. The molecule has 0 radical (unpaired) electrons. The number of nitrogens with zero attached hydrogens (tertiary/aromatic N) is 5. The van der Waals surface area contributed by atoms with Gasteiger partial charge in [-0.2, -0.15) is 4.80 Å². The summed E-state index contributed by atoms with van der Waals surface area (Å²) in [5.41, 5.74) is 3.47. The Balaban J connectivity index is 1.99. The fourth-order valence-electron chi connectivity index (χ4n) is 2.22. The van der Waals surface area contributed by atoms with Crippen LogP contribution in [0.2, 0.25) is 0 Å². The lowest BCUT2D eigenvalue weighted by atomic mass is 10.1. The first-order chi connectivity index (χ1) is 10.2. The van der Waals surface area contributed by atoms with Crippen LogP contribution >= 0.6 is 0 Å². The van der Waals surface area contributed by atoms with E-state index in [-0.39, 0.29) is 0 Å². The average molecular weight is 279 g/mol. The van der Waals surface area contributed by atoms with E-state index in [1.807, 2.05) is 24.3 Å². The highest BCUT2D eigenvalue weighted by molar-refractivity contribution is 5.57. The maximum absolute atomic E-state index is 4.33. The molecule has 0 saturated carbocycles. The Hall–Kier alpha value is -2.69. The molecule has 21 heavy (non-hydrogen) atoms. The number of anilines is 2. The number of aromatic nitrogens is 4. The van der Waals surface area contributed by atoms with Crippen LogP contribution in [0.5, 0.6) is 0 Å². The molecule has 106 valence electrons. The third-order valence-corrected chi connectivity index (χ3v) is 3.24. The molecule has 0 N–H and O–H groups in total. The monoisotopic (exact) mass is 279 g/mol. The van der Waals surface area contributed by atoms with Crippen LogP contribution in [0.4, 0.5) is 11.6 Å². The summed E-state index contributed by atoms with van der Waals surface area (Å²) in [5, 5.41) is 12.4. The second-order valence-corrected chi connectivity index (χ2v) is 4.99. The smallest absolute Gasteiger partial charge is 0.270 e. The first-order valence-electron chi connectivity index (χ1n) is 6.84.